The van der Waals surface area contributed by atoms with Crippen molar-refractivity contribution in [1.29, 1.82) is 0 Å². The standard InChI is InChI=1S/C13H18ClN5S/c14-3-1-2-9-8-20-12-10(9)11(17-13(15)18-12)19-6-4-16-5-7-19/h8,16H,1-7H2,(H2,15,17,18). The smallest absolute Gasteiger partial charge is 0.223 e. The highest BCUT2D eigenvalue weighted by molar-refractivity contribution is 7.17. The Balaban J connectivity index is 2.05. The Bertz CT molecular complexity index is 594. The summed E-state index contributed by atoms with van der Waals surface area (Å²) in [6.45, 7) is 3.87. The number of nitrogens with two attached hydrogens (primary N) is 1. The van der Waals surface area contributed by atoms with Crippen molar-refractivity contribution in [3.05, 3.63) is 10.9 Å². The maximum atomic E-state index is 5.86. The van der Waals surface area contributed by atoms with E-state index < -0.39 is 0 Å². The first-order valence-electron chi connectivity index (χ1n) is 6.85. The molecule has 3 heterocycles. The lowest BCUT2D eigenvalue weighted by Crippen LogP contribution is -2.44. The Hall–Kier alpha value is -1.11. The van der Waals surface area contributed by atoms with Gasteiger partial charge in [0.25, 0.3) is 0 Å². The van der Waals surface area contributed by atoms with Crippen LogP contribution in [0, 0.1) is 0 Å². The lowest BCUT2D eigenvalue weighted by Gasteiger charge is -2.29. The van der Waals surface area contributed by atoms with Crippen LogP contribution in [0.4, 0.5) is 11.8 Å². The second-order valence-electron chi connectivity index (χ2n) is 4.88. The maximum Gasteiger partial charge on any atom is 0.223 e. The SMILES string of the molecule is Nc1nc(N2CCNCC2)c2c(CCCCl)csc2n1. The van der Waals surface area contributed by atoms with Crippen LogP contribution in [0.1, 0.15) is 12.0 Å². The van der Waals surface area contributed by atoms with Crippen LogP contribution in [0.15, 0.2) is 5.38 Å². The van der Waals surface area contributed by atoms with Gasteiger partial charge in [0.05, 0.1) is 5.39 Å². The quantitative estimate of drug-likeness (QED) is 0.844. The number of thiophene rings is 1. The van der Waals surface area contributed by atoms with Gasteiger partial charge in [-0.1, -0.05) is 0 Å². The number of rotatable bonds is 4. The topological polar surface area (TPSA) is 67.1 Å². The van der Waals surface area contributed by atoms with Crippen molar-refractivity contribution in [1.82, 2.24) is 15.3 Å². The third-order valence-electron chi connectivity index (χ3n) is 3.50. The average molecular weight is 312 g/mol. The predicted octanol–water partition coefficient (Wildman–Crippen LogP) is 1.85. The number of nitrogens with zero attached hydrogens (tertiary/aromatic N) is 3. The van der Waals surface area contributed by atoms with Crippen molar-refractivity contribution < 1.29 is 0 Å². The lowest BCUT2D eigenvalue weighted by atomic mass is 10.1. The molecule has 108 valence electrons. The van der Waals surface area contributed by atoms with Gasteiger partial charge in [-0.2, -0.15) is 4.98 Å². The summed E-state index contributed by atoms with van der Waals surface area (Å²) in [5.41, 5.74) is 7.15. The van der Waals surface area contributed by atoms with Gasteiger partial charge in [0, 0.05) is 32.1 Å². The third-order valence-corrected chi connectivity index (χ3v) is 4.69. The number of fused-ring (bicyclic) bond motifs is 1. The van der Waals surface area contributed by atoms with Crippen molar-refractivity contribution in [2.75, 3.05) is 42.7 Å². The van der Waals surface area contributed by atoms with Crippen molar-refractivity contribution in [3.63, 3.8) is 0 Å². The van der Waals surface area contributed by atoms with Crippen LogP contribution >= 0.6 is 22.9 Å². The van der Waals surface area contributed by atoms with E-state index in [0.29, 0.717) is 11.8 Å². The molecule has 0 unspecified atom stereocenters. The van der Waals surface area contributed by atoms with E-state index in [0.717, 1.165) is 55.1 Å². The first kappa shape index (κ1) is 13.9. The minimum atomic E-state index is 0.358. The van der Waals surface area contributed by atoms with Gasteiger partial charge in [-0.3, -0.25) is 0 Å². The minimum Gasteiger partial charge on any atom is -0.368 e. The molecule has 0 bridgehead atoms. The Labute approximate surface area is 127 Å². The predicted molar refractivity (Wildman–Crippen MR) is 86.0 cm³/mol. The number of aryl methyl sites for hydroxylation is 1. The number of nitrogen functional groups attached to an aromatic ring is 1. The van der Waals surface area contributed by atoms with Crippen molar-refractivity contribution in [2.24, 2.45) is 0 Å². The van der Waals surface area contributed by atoms with Crippen LogP contribution in [-0.2, 0) is 6.42 Å². The summed E-state index contributed by atoms with van der Waals surface area (Å²) in [7, 11) is 0. The normalized spacial score (nSPS) is 15.9. The molecule has 0 aliphatic carbocycles. The molecule has 1 aliphatic heterocycles. The van der Waals surface area contributed by atoms with Gasteiger partial charge >= 0.3 is 0 Å². The Morgan fingerprint density at radius 3 is 2.90 bits per heavy atom. The second kappa shape index (κ2) is 6.11. The summed E-state index contributed by atoms with van der Waals surface area (Å²) in [5, 5.41) is 6.69. The first-order chi connectivity index (χ1) is 9.79. The Morgan fingerprint density at radius 2 is 2.15 bits per heavy atom. The highest BCUT2D eigenvalue weighted by Gasteiger charge is 2.19. The second-order valence-corrected chi connectivity index (χ2v) is 6.11. The molecule has 0 radical (unpaired) electrons. The zero-order valence-corrected chi connectivity index (χ0v) is 12.8. The van der Waals surface area contributed by atoms with E-state index in [-0.39, 0.29) is 0 Å². The van der Waals surface area contributed by atoms with Crippen LogP contribution in [-0.4, -0.2) is 42.0 Å². The zero-order valence-electron chi connectivity index (χ0n) is 11.2. The van der Waals surface area contributed by atoms with Gasteiger partial charge in [0.2, 0.25) is 5.95 Å². The molecule has 2 aromatic heterocycles. The van der Waals surface area contributed by atoms with Gasteiger partial charge in [-0.15, -0.1) is 22.9 Å². The molecule has 1 fully saturated rings. The molecule has 1 aliphatic rings. The third kappa shape index (κ3) is 2.68. The Morgan fingerprint density at radius 1 is 1.35 bits per heavy atom. The number of aromatic nitrogens is 2. The molecule has 2 aromatic rings. The maximum absolute atomic E-state index is 5.86. The van der Waals surface area contributed by atoms with Gasteiger partial charge in [0.15, 0.2) is 0 Å². The molecule has 20 heavy (non-hydrogen) atoms. The Kier molecular flexibility index (Phi) is 4.24. The highest BCUT2D eigenvalue weighted by Crippen LogP contribution is 2.33. The van der Waals surface area contributed by atoms with Gasteiger partial charge in [0.1, 0.15) is 10.6 Å². The summed E-state index contributed by atoms with van der Waals surface area (Å²) in [5.74, 6) is 2.02. The summed E-state index contributed by atoms with van der Waals surface area (Å²) >= 11 is 7.46. The fourth-order valence-electron chi connectivity index (χ4n) is 2.54. The summed E-state index contributed by atoms with van der Waals surface area (Å²) in [4.78, 5) is 12.2. The molecule has 0 spiro atoms. The molecular formula is C13H18ClN5S. The molecule has 3 rings (SSSR count). The fourth-order valence-corrected chi connectivity index (χ4v) is 3.65. The highest BCUT2D eigenvalue weighted by atomic mass is 35.5. The number of alkyl halides is 1. The van der Waals surface area contributed by atoms with Crippen molar-refractivity contribution in [3.8, 4) is 0 Å². The molecule has 1 saturated heterocycles. The van der Waals surface area contributed by atoms with Crippen LogP contribution < -0.4 is 16.0 Å². The number of nitrogens with one attached hydrogen (secondary N) is 1. The molecule has 7 heteroatoms. The molecule has 0 atom stereocenters. The number of piperazine rings is 1. The molecule has 0 amide bonds. The molecule has 0 aromatic carbocycles. The minimum absolute atomic E-state index is 0.358. The summed E-state index contributed by atoms with van der Waals surface area (Å²) < 4.78 is 0. The van der Waals surface area contributed by atoms with E-state index in [2.05, 4.69) is 25.6 Å². The van der Waals surface area contributed by atoms with E-state index in [1.807, 2.05) is 0 Å². The number of halogens is 1. The van der Waals surface area contributed by atoms with Crippen LogP contribution in [0.3, 0.4) is 0 Å². The van der Waals surface area contributed by atoms with Crippen LogP contribution in [0.2, 0.25) is 0 Å². The van der Waals surface area contributed by atoms with E-state index in [4.69, 9.17) is 17.3 Å². The monoisotopic (exact) mass is 311 g/mol. The molecule has 0 saturated carbocycles. The zero-order chi connectivity index (χ0) is 13.9. The van der Waals surface area contributed by atoms with Gasteiger partial charge in [-0.25, -0.2) is 4.98 Å². The van der Waals surface area contributed by atoms with Crippen molar-refractivity contribution in [2.45, 2.75) is 12.8 Å². The van der Waals surface area contributed by atoms with E-state index in [1.54, 1.807) is 11.3 Å². The van der Waals surface area contributed by atoms with Crippen LogP contribution in [0.25, 0.3) is 10.2 Å². The number of hydrogen-bond acceptors (Lipinski definition) is 6. The number of anilines is 2. The summed E-state index contributed by atoms with van der Waals surface area (Å²) in [6, 6.07) is 0. The van der Waals surface area contributed by atoms with Gasteiger partial charge in [-0.05, 0) is 23.8 Å². The van der Waals surface area contributed by atoms with E-state index in [1.165, 1.54) is 5.56 Å². The van der Waals surface area contributed by atoms with Crippen molar-refractivity contribution >= 4 is 44.9 Å². The molecule has 5 nitrogen and oxygen atoms in total. The van der Waals surface area contributed by atoms with E-state index >= 15 is 0 Å². The largest absolute Gasteiger partial charge is 0.368 e. The van der Waals surface area contributed by atoms with Gasteiger partial charge < -0.3 is 16.0 Å². The first-order valence-corrected chi connectivity index (χ1v) is 8.26. The average Bonchev–Trinajstić information content (AvgIpc) is 2.88. The fraction of sp³-hybridized carbons (Fsp3) is 0.538. The van der Waals surface area contributed by atoms with E-state index in [9.17, 15) is 0 Å². The summed E-state index contributed by atoms with van der Waals surface area (Å²) in [6.07, 6.45) is 1.94. The molecule has 3 N–H and O–H groups in total. The lowest BCUT2D eigenvalue weighted by molar-refractivity contribution is 0.586. The molecular weight excluding hydrogens is 294 g/mol. The van der Waals surface area contributed by atoms with Crippen LogP contribution in [0.5, 0.6) is 0 Å². The number of hydrogen-bond donors (Lipinski definition) is 2.